The summed E-state index contributed by atoms with van der Waals surface area (Å²) in [4.78, 5) is 7.42. The Hall–Kier alpha value is -5.64. The predicted molar refractivity (Wildman–Crippen MR) is 210 cm³/mol. The molecule has 2 heterocycles. The average Bonchev–Trinajstić information content (AvgIpc) is 3.47. The summed E-state index contributed by atoms with van der Waals surface area (Å²) in [5.41, 5.74) is 7.73. The molecule has 0 amide bonds. The molecular weight excluding hydrogens is 613 g/mol. The van der Waals surface area contributed by atoms with E-state index in [1.165, 1.54) is 91.9 Å². The zero-order valence-electron chi connectivity index (χ0n) is 27.1. The largest absolute Gasteiger partial charge is 0.313 e. The van der Waals surface area contributed by atoms with Crippen molar-refractivity contribution in [2.75, 3.05) is 0 Å². The summed E-state index contributed by atoms with van der Waals surface area (Å²) in [7, 11) is 0. The molecule has 10 rings (SSSR count). The van der Waals surface area contributed by atoms with Crippen LogP contribution in [0.25, 0.3) is 76.9 Å². The third-order valence-electron chi connectivity index (χ3n) is 10.3. The molecule has 3 heteroatoms. The van der Waals surface area contributed by atoms with Gasteiger partial charge in [-0.25, -0.2) is 0 Å². The zero-order valence-corrected chi connectivity index (χ0v) is 27.9. The maximum Gasteiger partial charge on any atom is 0.0537 e. The van der Waals surface area contributed by atoms with Gasteiger partial charge in [-0.1, -0.05) is 128 Å². The fourth-order valence-corrected chi connectivity index (χ4v) is 9.39. The van der Waals surface area contributed by atoms with E-state index in [1.54, 1.807) is 0 Å². The monoisotopic (exact) mass is 644 g/mol. The van der Waals surface area contributed by atoms with Gasteiger partial charge in [-0.05, 0) is 102 Å². The third kappa shape index (κ3) is 4.39. The highest BCUT2D eigenvalue weighted by Crippen LogP contribution is 2.50. The van der Waals surface area contributed by atoms with E-state index >= 15 is 0 Å². The van der Waals surface area contributed by atoms with Crippen molar-refractivity contribution in [1.29, 1.82) is 0 Å². The van der Waals surface area contributed by atoms with Crippen LogP contribution in [0.2, 0.25) is 0 Å². The number of aromatic nitrogens is 2. The van der Waals surface area contributed by atoms with Gasteiger partial charge < -0.3 is 4.57 Å². The summed E-state index contributed by atoms with van der Waals surface area (Å²) >= 11 is 1.94. The molecule has 1 aliphatic rings. The molecule has 1 aliphatic carbocycles. The lowest BCUT2D eigenvalue weighted by atomic mass is 9.88. The van der Waals surface area contributed by atoms with Gasteiger partial charge in [0.25, 0.3) is 0 Å². The summed E-state index contributed by atoms with van der Waals surface area (Å²) in [5.74, 6) is 0.365. The van der Waals surface area contributed by atoms with Gasteiger partial charge in [0, 0.05) is 45.0 Å². The average molecular weight is 645 g/mol. The molecule has 0 saturated carbocycles. The van der Waals surface area contributed by atoms with Crippen LogP contribution in [0.4, 0.5) is 0 Å². The molecule has 232 valence electrons. The van der Waals surface area contributed by atoms with Gasteiger partial charge in [0.15, 0.2) is 0 Å². The first-order chi connectivity index (χ1) is 24.2. The lowest BCUT2D eigenvalue weighted by molar-refractivity contribution is 0.681. The number of benzene rings is 7. The molecule has 9 aromatic rings. The summed E-state index contributed by atoms with van der Waals surface area (Å²) in [6.45, 7) is 2.39. The van der Waals surface area contributed by atoms with Crippen molar-refractivity contribution < 1.29 is 0 Å². The minimum Gasteiger partial charge on any atom is -0.313 e. The van der Waals surface area contributed by atoms with E-state index in [2.05, 4.69) is 163 Å². The van der Waals surface area contributed by atoms with Crippen molar-refractivity contribution in [2.45, 2.75) is 18.2 Å². The van der Waals surface area contributed by atoms with Crippen molar-refractivity contribution in [2.24, 2.45) is 5.92 Å². The SMILES string of the molecule is CC1Cc2c(c3ccccc3n2-c2ccccc2)C=C1Sc1c2ccccc2c(-c2cc3ccccc3c3ccccc23)c2cnccc12. The molecule has 0 saturated heterocycles. The number of pyridine rings is 1. The molecule has 49 heavy (non-hydrogen) atoms. The summed E-state index contributed by atoms with van der Waals surface area (Å²) in [5, 5.41) is 11.4. The molecule has 0 spiro atoms. The number of hydrogen-bond acceptors (Lipinski definition) is 2. The second-order valence-corrected chi connectivity index (χ2v) is 14.2. The van der Waals surface area contributed by atoms with E-state index in [-0.39, 0.29) is 0 Å². The number of thioether (sulfide) groups is 1. The molecule has 0 fully saturated rings. The standard InChI is InChI=1S/C46H32N2S/c1-29-25-43-39(35-19-11-12-22-42(35)48(43)31-14-3-2-4-15-31)27-44(29)49-46-37-21-10-9-20-36(37)45(41-28-47-24-23-38(41)46)40-26-30-13-5-6-16-32(30)33-17-7-8-18-34(33)40/h2-24,26-29H,25H2,1H3. The Morgan fingerprint density at radius 1 is 0.612 bits per heavy atom. The molecule has 0 aliphatic heterocycles. The van der Waals surface area contributed by atoms with E-state index in [0.717, 1.165) is 6.42 Å². The Kier molecular flexibility index (Phi) is 6.50. The first-order valence-electron chi connectivity index (χ1n) is 17.0. The maximum atomic E-state index is 4.72. The van der Waals surface area contributed by atoms with E-state index in [4.69, 9.17) is 4.98 Å². The Balaban J connectivity index is 1.21. The van der Waals surface area contributed by atoms with Crippen LogP contribution < -0.4 is 0 Å². The Bertz CT molecular complexity index is 2730. The molecule has 1 unspecified atom stereocenters. The van der Waals surface area contributed by atoms with E-state index in [1.807, 2.05) is 18.0 Å². The maximum absolute atomic E-state index is 4.72. The lowest BCUT2D eigenvalue weighted by Gasteiger charge is -2.25. The van der Waals surface area contributed by atoms with Crippen LogP contribution >= 0.6 is 11.8 Å². The topological polar surface area (TPSA) is 17.8 Å². The van der Waals surface area contributed by atoms with Gasteiger partial charge in [0.1, 0.15) is 0 Å². The quantitative estimate of drug-likeness (QED) is 0.140. The summed E-state index contributed by atoms with van der Waals surface area (Å²) < 4.78 is 2.47. The number of hydrogen-bond donors (Lipinski definition) is 0. The summed E-state index contributed by atoms with van der Waals surface area (Å²) in [6, 6.07) is 50.8. The lowest BCUT2D eigenvalue weighted by Crippen LogP contribution is -2.11. The van der Waals surface area contributed by atoms with Gasteiger partial charge in [0.05, 0.1) is 5.52 Å². The van der Waals surface area contributed by atoms with Gasteiger partial charge in [-0.15, -0.1) is 0 Å². The van der Waals surface area contributed by atoms with Gasteiger partial charge in [-0.3, -0.25) is 4.98 Å². The van der Waals surface area contributed by atoms with Crippen molar-refractivity contribution in [3.05, 3.63) is 168 Å². The molecule has 0 radical (unpaired) electrons. The first-order valence-corrected chi connectivity index (χ1v) is 17.8. The Morgan fingerprint density at radius 2 is 1.27 bits per heavy atom. The number of allylic oxidation sites excluding steroid dienone is 1. The molecule has 2 nitrogen and oxygen atoms in total. The fraction of sp³-hybridized carbons (Fsp3) is 0.0652. The smallest absolute Gasteiger partial charge is 0.0537 e. The molecule has 2 aromatic heterocycles. The number of nitrogens with zero attached hydrogens (tertiary/aromatic N) is 2. The van der Waals surface area contributed by atoms with E-state index < -0.39 is 0 Å². The third-order valence-corrected chi connectivity index (χ3v) is 11.7. The highest BCUT2D eigenvalue weighted by molar-refractivity contribution is 8.03. The van der Waals surface area contributed by atoms with E-state index in [0.29, 0.717) is 5.92 Å². The number of para-hydroxylation sites is 2. The van der Waals surface area contributed by atoms with Crippen LogP contribution in [-0.2, 0) is 6.42 Å². The molecular formula is C46H32N2S. The predicted octanol–water partition coefficient (Wildman–Crippen LogP) is 12.6. The summed E-state index contributed by atoms with van der Waals surface area (Å²) in [6.07, 6.45) is 7.49. The highest BCUT2D eigenvalue weighted by Gasteiger charge is 2.27. The normalized spacial score (nSPS) is 14.6. The van der Waals surface area contributed by atoms with Crippen molar-refractivity contribution in [3.8, 4) is 16.8 Å². The van der Waals surface area contributed by atoms with Crippen LogP contribution in [0.5, 0.6) is 0 Å². The second-order valence-electron chi connectivity index (χ2n) is 13.2. The first kappa shape index (κ1) is 28.4. The molecule has 7 aromatic carbocycles. The van der Waals surface area contributed by atoms with Crippen LogP contribution in [0.3, 0.4) is 0 Å². The Labute approximate surface area is 289 Å². The van der Waals surface area contributed by atoms with Crippen molar-refractivity contribution in [3.63, 3.8) is 0 Å². The minimum atomic E-state index is 0.365. The fourth-order valence-electron chi connectivity index (χ4n) is 8.12. The van der Waals surface area contributed by atoms with E-state index in [9.17, 15) is 0 Å². The molecule has 1 atom stereocenters. The van der Waals surface area contributed by atoms with Crippen LogP contribution in [-0.4, -0.2) is 9.55 Å². The Morgan fingerprint density at radius 3 is 2.10 bits per heavy atom. The highest BCUT2D eigenvalue weighted by atomic mass is 32.2. The van der Waals surface area contributed by atoms with Crippen LogP contribution in [0.15, 0.2) is 162 Å². The van der Waals surface area contributed by atoms with Crippen LogP contribution in [0.1, 0.15) is 18.2 Å². The second kappa shape index (κ2) is 11.2. The van der Waals surface area contributed by atoms with Gasteiger partial charge >= 0.3 is 0 Å². The van der Waals surface area contributed by atoms with Crippen molar-refractivity contribution in [1.82, 2.24) is 9.55 Å². The minimum absolute atomic E-state index is 0.365. The van der Waals surface area contributed by atoms with Crippen molar-refractivity contribution >= 4 is 71.8 Å². The molecule has 0 bridgehead atoms. The zero-order chi connectivity index (χ0) is 32.5. The number of fused-ring (bicyclic) bond motifs is 8. The number of rotatable bonds is 4. The van der Waals surface area contributed by atoms with Gasteiger partial charge in [-0.2, -0.15) is 0 Å². The molecule has 0 N–H and O–H groups in total. The van der Waals surface area contributed by atoms with Gasteiger partial charge in [0.2, 0.25) is 0 Å². The van der Waals surface area contributed by atoms with Crippen LogP contribution in [0, 0.1) is 5.92 Å².